The van der Waals surface area contributed by atoms with Gasteiger partial charge < -0.3 is 4.90 Å². The summed E-state index contributed by atoms with van der Waals surface area (Å²) < 4.78 is 13.2. The number of benzene rings is 2. The molecule has 0 radical (unpaired) electrons. The second-order valence-electron chi connectivity index (χ2n) is 7.41. The van der Waals surface area contributed by atoms with Gasteiger partial charge in [0, 0.05) is 25.4 Å². The molecule has 0 N–H and O–H groups in total. The van der Waals surface area contributed by atoms with Gasteiger partial charge in [0.1, 0.15) is 11.2 Å². The molecule has 2 aromatic carbocycles. The van der Waals surface area contributed by atoms with E-state index in [0.717, 1.165) is 31.0 Å². The van der Waals surface area contributed by atoms with E-state index in [-0.39, 0.29) is 17.1 Å². The lowest BCUT2D eigenvalue weighted by Gasteiger charge is -2.29. The number of hydrogen-bond donors (Lipinski definition) is 0. The summed E-state index contributed by atoms with van der Waals surface area (Å²) in [6.45, 7) is 7.15. The lowest BCUT2D eigenvalue weighted by atomic mass is 10.1. The monoisotopic (exact) mass is 386 g/mol. The summed E-state index contributed by atoms with van der Waals surface area (Å²) in [5.74, 6) is 1.30. The third-order valence-electron chi connectivity index (χ3n) is 4.60. The van der Waals surface area contributed by atoms with Crippen LogP contribution in [0, 0.1) is 11.7 Å². The number of nitrogens with zero attached hydrogens (tertiary/aromatic N) is 2. The summed E-state index contributed by atoms with van der Waals surface area (Å²) in [7, 11) is 0. The van der Waals surface area contributed by atoms with Crippen LogP contribution in [0.15, 0.2) is 54.6 Å². The van der Waals surface area contributed by atoms with Crippen molar-refractivity contribution in [1.82, 2.24) is 9.80 Å². The zero-order valence-electron chi connectivity index (χ0n) is 16.0. The van der Waals surface area contributed by atoms with Crippen LogP contribution in [0.25, 0.3) is 0 Å². The normalized spacial score (nSPS) is 17.1. The van der Waals surface area contributed by atoms with Gasteiger partial charge in [-0.15, -0.1) is 11.8 Å². The van der Waals surface area contributed by atoms with Crippen LogP contribution in [0.2, 0.25) is 0 Å². The lowest BCUT2D eigenvalue weighted by Crippen LogP contribution is -2.41. The van der Waals surface area contributed by atoms with E-state index in [1.54, 1.807) is 23.9 Å². The molecule has 144 valence electrons. The summed E-state index contributed by atoms with van der Waals surface area (Å²) in [4.78, 5) is 17.2. The fourth-order valence-electron chi connectivity index (χ4n) is 3.45. The van der Waals surface area contributed by atoms with Crippen LogP contribution >= 0.6 is 11.8 Å². The van der Waals surface area contributed by atoms with Crippen molar-refractivity contribution in [3.05, 3.63) is 71.5 Å². The van der Waals surface area contributed by atoms with Gasteiger partial charge in [-0.3, -0.25) is 9.69 Å². The molecule has 1 saturated heterocycles. The molecule has 1 aliphatic rings. The maximum atomic E-state index is 13.2. The summed E-state index contributed by atoms with van der Waals surface area (Å²) in [6, 6.07) is 16.8. The molecule has 0 saturated carbocycles. The van der Waals surface area contributed by atoms with Crippen molar-refractivity contribution in [3.63, 3.8) is 0 Å². The minimum atomic E-state index is -0.245. The van der Waals surface area contributed by atoms with E-state index in [1.165, 1.54) is 17.7 Å². The predicted octanol–water partition coefficient (Wildman–Crippen LogP) is 4.56. The molecule has 0 aromatic heterocycles. The van der Waals surface area contributed by atoms with Gasteiger partial charge in [-0.05, 0) is 29.2 Å². The molecule has 1 aliphatic heterocycles. The Morgan fingerprint density at radius 2 is 1.89 bits per heavy atom. The van der Waals surface area contributed by atoms with Crippen molar-refractivity contribution in [1.29, 1.82) is 0 Å². The molecule has 1 amide bonds. The van der Waals surface area contributed by atoms with Crippen LogP contribution in [0.1, 0.15) is 30.3 Å². The highest BCUT2D eigenvalue weighted by Gasteiger charge is 2.31. The summed E-state index contributed by atoms with van der Waals surface area (Å²) >= 11 is 1.75. The highest BCUT2D eigenvalue weighted by Crippen LogP contribution is 2.38. The topological polar surface area (TPSA) is 23.6 Å². The molecule has 0 bridgehead atoms. The minimum Gasteiger partial charge on any atom is -0.325 e. The maximum Gasteiger partial charge on any atom is 0.237 e. The second kappa shape index (κ2) is 9.38. The van der Waals surface area contributed by atoms with E-state index in [4.69, 9.17) is 0 Å². The molecule has 3 rings (SSSR count). The molecule has 1 atom stereocenters. The Balaban J connectivity index is 1.69. The van der Waals surface area contributed by atoms with E-state index in [1.807, 2.05) is 23.1 Å². The average molecular weight is 387 g/mol. The average Bonchev–Trinajstić information content (AvgIpc) is 3.12. The van der Waals surface area contributed by atoms with Crippen molar-refractivity contribution < 1.29 is 9.18 Å². The molecule has 0 unspecified atom stereocenters. The van der Waals surface area contributed by atoms with E-state index in [9.17, 15) is 9.18 Å². The second-order valence-corrected chi connectivity index (χ2v) is 8.60. The van der Waals surface area contributed by atoms with Crippen LogP contribution in [0.5, 0.6) is 0 Å². The Kier molecular flexibility index (Phi) is 6.91. The summed E-state index contributed by atoms with van der Waals surface area (Å²) in [6.07, 6.45) is 0. The van der Waals surface area contributed by atoms with Crippen LogP contribution in [0.3, 0.4) is 0 Å². The number of hydrogen-bond acceptors (Lipinski definition) is 3. The van der Waals surface area contributed by atoms with Crippen molar-refractivity contribution in [3.8, 4) is 0 Å². The fourth-order valence-corrected chi connectivity index (χ4v) is 4.73. The van der Waals surface area contributed by atoms with Gasteiger partial charge in [0.2, 0.25) is 5.91 Å². The highest BCUT2D eigenvalue weighted by molar-refractivity contribution is 7.99. The Morgan fingerprint density at radius 1 is 1.19 bits per heavy atom. The SMILES string of the molecule is CC(C)CN(CC(=O)N1CCS[C@H]1c1ccc(F)cc1)Cc1ccccc1. The van der Waals surface area contributed by atoms with E-state index in [2.05, 4.69) is 30.9 Å². The molecule has 0 spiro atoms. The van der Waals surface area contributed by atoms with Crippen LogP contribution in [-0.2, 0) is 11.3 Å². The summed E-state index contributed by atoms with van der Waals surface area (Å²) in [5.41, 5.74) is 2.21. The summed E-state index contributed by atoms with van der Waals surface area (Å²) in [5, 5.41) is -0.0178. The number of carbonyl (C=O) groups is 1. The molecule has 0 aliphatic carbocycles. The largest absolute Gasteiger partial charge is 0.325 e. The molecule has 1 fully saturated rings. The third kappa shape index (κ3) is 5.56. The van der Waals surface area contributed by atoms with Crippen molar-refractivity contribution in [2.24, 2.45) is 5.92 Å². The third-order valence-corrected chi connectivity index (χ3v) is 5.86. The Labute approximate surface area is 165 Å². The molecule has 27 heavy (non-hydrogen) atoms. The van der Waals surface area contributed by atoms with Gasteiger partial charge in [-0.1, -0.05) is 56.3 Å². The van der Waals surface area contributed by atoms with Gasteiger partial charge in [0.15, 0.2) is 0 Å². The molecule has 1 heterocycles. The zero-order chi connectivity index (χ0) is 19.2. The van der Waals surface area contributed by atoms with Crippen molar-refractivity contribution in [2.45, 2.75) is 25.8 Å². The lowest BCUT2D eigenvalue weighted by molar-refractivity contribution is -0.132. The minimum absolute atomic E-state index is 0.0178. The van der Waals surface area contributed by atoms with E-state index < -0.39 is 0 Å². The zero-order valence-corrected chi connectivity index (χ0v) is 16.8. The fraction of sp³-hybridized carbons (Fsp3) is 0.409. The number of carbonyl (C=O) groups excluding carboxylic acids is 1. The smallest absolute Gasteiger partial charge is 0.237 e. The van der Waals surface area contributed by atoms with Gasteiger partial charge in [-0.2, -0.15) is 0 Å². The molecular formula is C22H27FN2OS. The first-order chi connectivity index (χ1) is 13.0. The van der Waals surface area contributed by atoms with E-state index in [0.29, 0.717) is 12.5 Å². The highest BCUT2D eigenvalue weighted by atomic mass is 32.2. The number of halogens is 1. The Hall–Kier alpha value is -1.85. The van der Waals surface area contributed by atoms with Gasteiger partial charge in [0.25, 0.3) is 0 Å². The first-order valence-corrected chi connectivity index (χ1v) is 10.5. The van der Waals surface area contributed by atoms with Gasteiger partial charge in [0.05, 0.1) is 6.54 Å². The molecule has 3 nitrogen and oxygen atoms in total. The predicted molar refractivity (Wildman–Crippen MR) is 110 cm³/mol. The van der Waals surface area contributed by atoms with Crippen LogP contribution in [-0.4, -0.2) is 41.1 Å². The van der Waals surface area contributed by atoms with Crippen molar-refractivity contribution >= 4 is 17.7 Å². The maximum absolute atomic E-state index is 13.2. The van der Waals surface area contributed by atoms with Gasteiger partial charge in [-0.25, -0.2) is 4.39 Å². The molecule has 5 heteroatoms. The molecule has 2 aromatic rings. The van der Waals surface area contributed by atoms with Crippen LogP contribution in [0.4, 0.5) is 4.39 Å². The quantitative estimate of drug-likeness (QED) is 0.697. The first kappa shape index (κ1) is 19.9. The molecular weight excluding hydrogens is 359 g/mol. The standard InChI is InChI=1S/C22H27FN2OS/c1-17(2)14-24(15-18-6-4-3-5-7-18)16-21(26)25-12-13-27-22(25)19-8-10-20(23)11-9-19/h3-11,17,22H,12-16H2,1-2H3/t22-/m0/s1. The number of rotatable bonds is 7. The number of thioether (sulfide) groups is 1. The first-order valence-electron chi connectivity index (χ1n) is 9.45. The van der Waals surface area contributed by atoms with Gasteiger partial charge >= 0.3 is 0 Å². The van der Waals surface area contributed by atoms with E-state index >= 15 is 0 Å². The Bertz CT molecular complexity index is 736. The van der Waals surface area contributed by atoms with Crippen LogP contribution < -0.4 is 0 Å². The number of amides is 1. The van der Waals surface area contributed by atoms with Crippen molar-refractivity contribution in [2.75, 3.05) is 25.4 Å². The Morgan fingerprint density at radius 3 is 2.56 bits per heavy atom.